The molecule has 0 N–H and O–H groups in total. The molecule has 5 nitrogen and oxygen atoms in total. The van der Waals surface area contributed by atoms with Crippen molar-refractivity contribution in [1.82, 2.24) is 19.4 Å². The third-order valence-electron chi connectivity index (χ3n) is 17.6. The van der Waals surface area contributed by atoms with E-state index >= 15 is 0 Å². The molecule has 3 aliphatic carbocycles. The first-order valence-electron chi connectivity index (χ1n) is 24.5. The van der Waals surface area contributed by atoms with Gasteiger partial charge in [0.15, 0.2) is 0 Å². The lowest BCUT2D eigenvalue weighted by Gasteiger charge is -2.54. The minimum atomic E-state index is -0.288. The Bertz CT molecular complexity index is 3040. The lowest BCUT2D eigenvalue weighted by atomic mass is 9.61. The second-order valence-corrected chi connectivity index (χ2v) is 22.0. The van der Waals surface area contributed by atoms with Gasteiger partial charge in [0.1, 0.15) is 22.8 Å². The molecule has 0 radical (unpaired) electrons. The second kappa shape index (κ2) is 14.0. The molecule has 0 saturated heterocycles. The molecule has 7 aromatic rings. The molecule has 5 heteroatoms. The largest absolute Gasteiger partial charge is 0.352 e. The van der Waals surface area contributed by atoms with E-state index in [0.717, 1.165) is 18.6 Å². The number of nitrogens with zero attached hydrogens (tertiary/aromatic N) is 5. The van der Waals surface area contributed by atoms with Crippen LogP contribution >= 0.6 is 0 Å². The number of benzene rings is 5. The van der Waals surface area contributed by atoms with Crippen LogP contribution in [0.2, 0.25) is 0 Å². The van der Waals surface area contributed by atoms with Crippen molar-refractivity contribution in [2.75, 3.05) is 6.54 Å². The SMILES string of the molecule is Cc1cc2ccc3c4c5[n+](cnc4n(C)c3c2cc1C)C1(C)CC2=C(CN(C3CCCCC3)C(c3ccccc3)N2C2CCCCC2)C1(C)c1ccc2cc(C(C)(C)C)ccc2c1-5. The standard InChI is InChI=1S/C58H66N5/c1-36-30-39-24-27-45-51-53-50-44-28-26-41(56(3,4)5)32-40(44)25-29-47(50)58(7)48-34-61(42-20-14-10-15-21-42)55(38-18-12-9-13-19-38)63(43-22-16-11-17-23-43)49(48)33-57(58,6)62(53)35-59-54(51)60(8)52(45)46(39)31-37(36)2/h9,12-13,18-19,24-32,35,42-43,55H,10-11,14-17,20-23,33-34H2,1-8H3/q+1. The normalized spacial score (nSPS) is 24.7. The van der Waals surface area contributed by atoms with E-state index in [1.54, 1.807) is 11.3 Å². The fourth-order valence-electron chi connectivity index (χ4n) is 13.9. The van der Waals surface area contributed by atoms with Crippen LogP contribution in [0.15, 0.2) is 103 Å². The maximum Gasteiger partial charge on any atom is 0.289 e. The van der Waals surface area contributed by atoms with Crippen LogP contribution in [0.3, 0.4) is 0 Å². The van der Waals surface area contributed by atoms with Gasteiger partial charge in [0.25, 0.3) is 12.0 Å². The molecular formula is C58H66N5+. The van der Waals surface area contributed by atoms with Crippen molar-refractivity contribution < 1.29 is 4.57 Å². The first-order valence-corrected chi connectivity index (χ1v) is 24.5. The van der Waals surface area contributed by atoms with Gasteiger partial charge in [-0.3, -0.25) is 4.90 Å². The third-order valence-corrected chi connectivity index (χ3v) is 17.6. The predicted octanol–water partition coefficient (Wildman–Crippen LogP) is 13.5. The van der Waals surface area contributed by atoms with E-state index < -0.39 is 0 Å². The van der Waals surface area contributed by atoms with Gasteiger partial charge in [-0.25, -0.2) is 4.57 Å². The Kier molecular flexibility index (Phi) is 8.79. The highest BCUT2D eigenvalue weighted by Gasteiger charge is 2.65. The summed E-state index contributed by atoms with van der Waals surface area (Å²) >= 11 is 0. The molecule has 12 rings (SSSR count). The number of aromatic nitrogens is 3. The predicted molar refractivity (Wildman–Crippen MR) is 261 cm³/mol. The van der Waals surface area contributed by atoms with Crippen LogP contribution in [0.1, 0.15) is 139 Å². The minimum absolute atomic E-state index is 0.0549. The summed E-state index contributed by atoms with van der Waals surface area (Å²) in [6, 6.07) is 34.8. The Labute approximate surface area is 374 Å². The van der Waals surface area contributed by atoms with Gasteiger partial charge in [0, 0.05) is 54.1 Å². The number of hydrogen-bond acceptors (Lipinski definition) is 3. The summed E-state index contributed by atoms with van der Waals surface area (Å²) in [6.07, 6.45) is 16.7. The average molecular weight is 833 g/mol. The number of hydrogen-bond donors (Lipinski definition) is 0. The van der Waals surface area contributed by atoms with E-state index in [-0.39, 0.29) is 22.5 Å². The van der Waals surface area contributed by atoms with Crippen molar-refractivity contribution in [2.45, 2.75) is 154 Å². The van der Waals surface area contributed by atoms with Crippen LogP contribution in [0.5, 0.6) is 0 Å². The zero-order valence-electron chi connectivity index (χ0n) is 39.1. The molecule has 0 amide bonds. The molecule has 5 aromatic carbocycles. The highest BCUT2D eigenvalue weighted by Crippen LogP contribution is 2.63. The summed E-state index contributed by atoms with van der Waals surface area (Å²) in [4.78, 5) is 11.6. The molecule has 4 heterocycles. The van der Waals surface area contributed by atoms with Gasteiger partial charge in [0.2, 0.25) is 0 Å². The maximum absolute atomic E-state index is 5.57. The van der Waals surface area contributed by atoms with Crippen LogP contribution in [0.25, 0.3) is 54.7 Å². The van der Waals surface area contributed by atoms with Gasteiger partial charge in [-0.05, 0) is 119 Å². The second-order valence-electron chi connectivity index (χ2n) is 22.0. The fourth-order valence-corrected chi connectivity index (χ4v) is 13.9. The van der Waals surface area contributed by atoms with E-state index in [4.69, 9.17) is 4.98 Å². The summed E-state index contributed by atoms with van der Waals surface area (Å²) < 4.78 is 5.12. The van der Waals surface area contributed by atoms with Crippen molar-refractivity contribution in [2.24, 2.45) is 7.05 Å². The molecule has 3 unspecified atom stereocenters. The van der Waals surface area contributed by atoms with E-state index in [0.29, 0.717) is 12.1 Å². The van der Waals surface area contributed by atoms with Gasteiger partial charge in [-0.15, -0.1) is 0 Å². The van der Waals surface area contributed by atoms with Crippen LogP contribution in [-0.2, 0) is 23.4 Å². The number of aryl methyl sites for hydroxylation is 3. The highest BCUT2D eigenvalue weighted by atomic mass is 15.4. The lowest BCUT2D eigenvalue weighted by Crippen LogP contribution is -2.67. The summed E-state index contributed by atoms with van der Waals surface area (Å²) in [7, 11) is 2.25. The number of rotatable bonds is 3. The van der Waals surface area contributed by atoms with Crippen molar-refractivity contribution in [1.29, 1.82) is 0 Å². The van der Waals surface area contributed by atoms with Gasteiger partial charge >= 0.3 is 0 Å². The summed E-state index contributed by atoms with van der Waals surface area (Å²) in [5, 5.41) is 7.87. The number of allylic oxidation sites excluding steroid dienone is 1. The van der Waals surface area contributed by atoms with Crippen LogP contribution in [0, 0.1) is 13.8 Å². The Morgan fingerprint density at radius 1 is 0.714 bits per heavy atom. The monoisotopic (exact) mass is 833 g/mol. The van der Waals surface area contributed by atoms with Gasteiger partial charge in [-0.1, -0.05) is 138 Å². The van der Waals surface area contributed by atoms with Gasteiger partial charge in [0.05, 0.1) is 10.9 Å². The molecule has 322 valence electrons. The molecular weight excluding hydrogens is 767 g/mol. The molecule has 2 aromatic heterocycles. The summed E-state index contributed by atoms with van der Waals surface area (Å²) in [5.74, 6) is 0. The molecule has 3 atom stereocenters. The zero-order chi connectivity index (χ0) is 43.2. The molecule has 0 spiro atoms. The maximum atomic E-state index is 5.57. The minimum Gasteiger partial charge on any atom is -0.352 e. The first kappa shape index (κ1) is 39.6. The molecule has 2 fully saturated rings. The smallest absolute Gasteiger partial charge is 0.289 e. The van der Waals surface area contributed by atoms with E-state index in [1.165, 1.54) is 141 Å². The lowest BCUT2D eigenvalue weighted by molar-refractivity contribution is -0.762. The first-order chi connectivity index (χ1) is 30.4. The Morgan fingerprint density at radius 2 is 1.38 bits per heavy atom. The van der Waals surface area contributed by atoms with E-state index in [9.17, 15) is 0 Å². The Balaban J connectivity index is 1.18. The quantitative estimate of drug-likeness (QED) is 0.166. The fraction of sp³-hybridized carbons (Fsp3) is 0.448. The van der Waals surface area contributed by atoms with Crippen LogP contribution in [-0.4, -0.2) is 38.0 Å². The molecule has 2 aliphatic heterocycles. The van der Waals surface area contributed by atoms with E-state index in [1.807, 2.05) is 0 Å². The summed E-state index contributed by atoms with van der Waals surface area (Å²) in [6.45, 7) is 17.8. The Hall–Kier alpha value is -5.00. The molecule has 63 heavy (non-hydrogen) atoms. The Morgan fingerprint density at radius 3 is 2.11 bits per heavy atom. The van der Waals surface area contributed by atoms with E-state index in [2.05, 4.69) is 166 Å². The molecule has 0 bridgehead atoms. The highest BCUT2D eigenvalue weighted by molar-refractivity contribution is 6.21. The van der Waals surface area contributed by atoms with Crippen molar-refractivity contribution in [3.63, 3.8) is 0 Å². The van der Waals surface area contributed by atoms with Crippen LogP contribution in [0.4, 0.5) is 0 Å². The molecule has 2 saturated carbocycles. The van der Waals surface area contributed by atoms with Crippen molar-refractivity contribution >= 4 is 43.5 Å². The zero-order valence-corrected chi connectivity index (χ0v) is 39.1. The summed E-state index contributed by atoms with van der Waals surface area (Å²) in [5.41, 5.74) is 14.9. The van der Waals surface area contributed by atoms with Gasteiger partial charge < -0.3 is 9.47 Å². The topological polar surface area (TPSA) is 28.2 Å². The molecule has 5 aliphatic rings. The average Bonchev–Trinajstić information content (AvgIpc) is 3.73. The van der Waals surface area contributed by atoms with Crippen molar-refractivity contribution in [3.05, 3.63) is 130 Å². The van der Waals surface area contributed by atoms with Crippen LogP contribution < -0.4 is 4.57 Å². The third kappa shape index (κ3) is 5.50. The van der Waals surface area contributed by atoms with Crippen molar-refractivity contribution in [3.8, 4) is 11.3 Å². The number of fused-ring (bicyclic) bond motifs is 15. The van der Waals surface area contributed by atoms with Gasteiger partial charge in [-0.2, -0.15) is 0 Å².